The van der Waals surface area contributed by atoms with Crippen molar-refractivity contribution in [1.29, 1.82) is 0 Å². The van der Waals surface area contributed by atoms with E-state index in [9.17, 15) is 9.59 Å². The SMILES string of the molecule is CCN1CCN(C(=O)c2ccc(NC(=O)n3ccc4c(-c5cnc(N)nc5)nc(N5CCOCC5)nc43)cc2)CC1. The highest BCUT2D eigenvalue weighted by Gasteiger charge is 2.23. The molecule has 3 aromatic heterocycles. The summed E-state index contributed by atoms with van der Waals surface area (Å²) >= 11 is 0. The number of ether oxygens (including phenoxy) is 1. The van der Waals surface area contributed by atoms with Crippen LogP contribution in [0, 0.1) is 0 Å². The van der Waals surface area contributed by atoms with Crippen LogP contribution in [0.1, 0.15) is 17.3 Å². The minimum Gasteiger partial charge on any atom is -0.378 e. The Bertz CT molecular complexity index is 1540. The first kappa shape index (κ1) is 26.6. The minimum atomic E-state index is -0.388. The predicted molar refractivity (Wildman–Crippen MR) is 155 cm³/mol. The maximum atomic E-state index is 13.4. The zero-order chi connectivity index (χ0) is 28.3. The average Bonchev–Trinajstić information content (AvgIpc) is 3.46. The van der Waals surface area contributed by atoms with Crippen LogP contribution in [-0.2, 0) is 4.74 Å². The van der Waals surface area contributed by atoms with Gasteiger partial charge in [0.05, 0.1) is 18.9 Å². The fourth-order valence-corrected chi connectivity index (χ4v) is 5.08. The van der Waals surface area contributed by atoms with Crippen molar-refractivity contribution < 1.29 is 14.3 Å². The smallest absolute Gasteiger partial charge is 0.331 e. The first-order valence-electron chi connectivity index (χ1n) is 13.7. The van der Waals surface area contributed by atoms with E-state index >= 15 is 0 Å². The molecule has 6 rings (SSSR count). The molecule has 5 heterocycles. The van der Waals surface area contributed by atoms with Gasteiger partial charge in [0.25, 0.3) is 5.91 Å². The second-order valence-corrected chi connectivity index (χ2v) is 9.96. The van der Waals surface area contributed by atoms with Gasteiger partial charge in [0, 0.05) is 80.1 Å². The quantitative estimate of drug-likeness (QED) is 0.375. The van der Waals surface area contributed by atoms with Crippen LogP contribution in [0.2, 0.25) is 0 Å². The van der Waals surface area contributed by atoms with E-state index in [1.807, 2.05) is 9.80 Å². The number of carbonyl (C=O) groups excluding carboxylic acids is 2. The topological polar surface area (TPSA) is 148 Å². The maximum Gasteiger partial charge on any atom is 0.331 e. The first-order valence-corrected chi connectivity index (χ1v) is 13.7. The van der Waals surface area contributed by atoms with E-state index in [1.54, 1.807) is 48.9 Å². The number of aromatic nitrogens is 5. The number of likely N-dealkylation sites (N-methyl/N-ethyl adjacent to an activating group) is 1. The Labute approximate surface area is 236 Å². The molecule has 0 spiro atoms. The zero-order valence-corrected chi connectivity index (χ0v) is 22.9. The second-order valence-electron chi connectivity index (χ2n) is 9.96. The molecule has 13 nitrogen and oxygen atoms in total. The van der Waals surface area contributed by atoms with Crippen molar-refractivity contribution in [2.45, 2.75) is 6.92 Å². The van der Waals surface area contributed by atoms with Crippen molar-refractivity contribution in [2.75, 3.05) is 75.0 Å². The van der Waals surface area contributed by atoms with E-state index in [1.165, 1.54) is 4.57 Å². The number of nitrogen functional groups attached to an aromatic ring is 1. The third kappa shape index (κ3) is 5.54. The number of amides is 2. The largest absolute Gasteiger partial charge is 0.378 e. The van der Waals surface area contributed by atoms with Gasteiger partial charge in [0.2, 0.25) is 11.9 Å². The lowest BCUT2D eigenvalue weighted by molar-refractivity contribution is 0.0643. The summed E-state index contributed by atoms with van der Waals surface area (Å²) in [5.74, 6) is 0.653. The first-order chi connectivity index (χ1) is 20.0. The molecule has 4 aromatic rings. The van der Waals surface area contributed by atoms with Gasteiger partial charge < -0.3 is 30.5 Å². The lowest BCUT2D eigenvalue weighted by Crippen LogP contribution is -2.48. The van der Waals surface area contributed by atoms with Crippen LogP contribution in [0.5, 0.6) is 0 Å². The van der Waals surface area contributed by atoms with Gasteiger partial charge in [0.1, 0.15) is 0 Å². The van der Waals surface area contributed by atoms with Crippen molar-refractivity contribution in [2.24, 2.45) is 0 Å². The summed E-state index contributed by atoms with van der Waals surface area (Å²) in [4.78, 5) is 50.4. The molecule has 1 aromatic carbocycles. The summed E-state index contributed by atoms with van der Waals surface area (Å²) in [6.45, 7) is 8.71. The highest BCUT2D eigenvalue weighted by atomic mass is 16.5. The number of hydrogen-bond acceptors (Lipinski definition) is 10. The van der Waals surface area contributed by atoms with Crippen molar-refractivity contribution in [3.8, 4) is 11.3 Å². The molecule has 0 saturated carbocycles. The van der Waals surface area contributed by atoms with Crippen LogP contribution in [0.3, 0.4) is 0 Å². The van der Waals surface area contributed by atoms with Gasteiger partial charge >= 0.3 is 6.03 Å². The molecule has 3 N–H and O–H groups in total. The Morgan fingerprint density at radius 2 is 1.66 bits per heavy atom. The van der Waals surface area contributed by atoms with Crippen LogP contribution in [0.15, 0.2) is 48.9 Å². The average molecular weight is 557 g/mol. The third-order valence-electron chi connectivity index (χ3n) is 7.48. The van der Waals surface area contributed by atoms with E-state index in [-0.39, 0.29) is 17.9 Å². The molecule has 0 radical (unpaired) electrons. The van der Waals surface area contributed by atoms with E-state index in [4.69, 9.17) is 20.4 Å². The number of piperazine rings is 1. The number of nitrogens with zero attached hydrogens (tertiary/aromatic N) is 8. The molecule has 0 unspecified atom stereocenters. The van der Waals surface area contributed by atoms with Crippen molar-refractivity contribution >= 4 is 40.6 Å². The van der Waals surface area contributed by atoms with Gasteiger partial charge in [-0.15, -0.1) is 0 Å². The van der Waals surface area contributed by atoms with Gasteiger partial charge in [-0.05, 0) is 36.9 Å². The van der Waals surface area contributed by atoms with Crippen LogP contribution < -0.4 is 16.0 Å². The van der Waals surface area contributed by atoms with Crippen LogP contribution in [-0.4, -0.2) is 105 Å². The fraction of sp³-hybridized carbons (Fsp3) is 0.357. The highest BCUT2D eigenvalue weighted by Crippen LogP contribution is 2.29. The lowest BCUT2D eigenvalue weighted by atomic mass is 10.1. The number of morpholine rings is 1. The molecular formula is C28H32N10O3. The molecule has 2 saturated heterocycles. The molecule has 0 bridgehead atoms. The van der Waals surface area contributed by atoms with Gasteiger partial charge in [-0.25, -0.2) is 19.7 Å². The molecule has 212 valence electrons. The standard InChI is InChI=1S/C28H32N10O3/c1-2-35-9-11-36(12-10-35)25(39)19-3-5-21(6-4-19)32-28(40)38-8-7-22-23(20-17-30-26(29)31-18-20)33-27(34-24(22)38)37-13-15-41-16-14-37/h3-8,17-18H,2,9-16H2,1H3,(H,32,40)(H2,29,30,31). The Kier molecular flexibility index (Phi) is 7.44. The number of nitrogens with one attached hydrogen (secondary N) is 1. The fourth-order valence-electron chi connectivity index (χ4n) is 5.08. The summed E-state index contributed by atoms with van der Waals surface area (Å²) in [6, 6.07) is 8.38. The Balaban J connectivity index is 1.25. The van der Waals surface area contributed by atoms with Gasteiger partial charge in [-0.1, -0.05) is 6.92 Å². The van der Waals surface area contributed by atoms with E-state index < -0.39 is 0 Å². The molecule has 13 heteroatoms. The van der Waals surface area contributed by atoms with E-state index in [2.05, 4.69) is 27.1 Å². The molecule has 2 fully saturated rings. The zero-order valence-electron chi connectivity index (χ0n) is 22.9. The molecule has 2 aliphatic rings. The summed E-state index contributed by atoms with van der Waals surface area (Å²) < 4.78 is 6.94. The summed E-state index contributed by atoms with van der Waals surface area (Å²) in [7, 11) is 0. The molecule has 0 atom stereocenters. The lowest BCUT2D eigenvalue weighted by Gasteiger charge is -2.34. The van der Waals surface area contributed by atoms with Crippen LogP contribution >= 0.6 is 0 Å². The maximum absolute atomic E-state index is 13.4. The van der Waals surface area contributed by atoms with Gasteiger partial charge in [0.15, 0.2) is 5.65 Å². The van der Waals surface area contributed by atoms with E-state index in [0.717, 1.165) is 19.6 Å². The monoisotopic (exact) mass is 556 g/mol. The summed E-state index contributed by atoms with van der Waals surface area (Å²) in [5.41, 5.74) is 8.57. The number of hydrogen-bond donors (Lipinski definition) is 2. The Morgan fingerprint density at radius 3 is 2.34 bits per heavy atom. The highest BCUT2D eigenvalue weighted by molar-refractivity contribution is 6.01. The third-order valence-corrected chi connectivity index (χ3v) is 7.48. The number of anilines is 3. The van der Waals surface area contributed by atoms with Crippen molar-refractivity contribution in [1.82, 2.24) is 34.3 Å². The minimum absolute atomic E-state index is 0.00144. The van der Waals surface area contributed by atoms with E-state index in [0.29, 0.717) is 78.9 Å². The normalized spacial score (nSPS) is 16.2. The summed E-state index contributed by atoms with van der Waals surface area (Å²) in [5, 5.41) is 3.59. The van der Waals surface area contributed by atoms with Gasteiger partial charge in [-0.3, -0.25) is 9.36 Å². The molecule has 41 heavy (non-hydrogen) atoms. The number of fused-ring (bicyclic) bond motifs is 1. The molecule has 2 aliphatic heterocycles. The second kappa shape index (κ2) is 11.5. The summed E-state index contributed by atoms with van der Waals surface area (Å²) in [6.07, 6.45) is 4.88. The van der Waals surface area contributed by atoms with Crippen LogP contribution in [0.4, 0.5) is 22.4 Å². The number of nitrogens with two attached hydrogens (primary N) is 1. The number of carbonyl (C=O) groups is 2. The Hall–Kier alpha value is -4.62. The van der Waals surface area contributed by atoms with Crippen LogP contribution in [0.25, 0.3) is 22.3 Å². The molecule has 0 aliphatic carbocycles. The molecular weight excluding hydrogens is 524 g/mol. The molecule has 2 amide bonds. The van der Waals surface area contributed by atoms with Crippen molar-refractivity contribution in [3.05, 3.63) is 54.5 Å². The Morgan fingerprint density at radius 1 is 0.951 bits per heavy atom. The van der Waals surface area contributed by atoms with Gasteiger partial charge in [-0.2, -0.15) is 4.98 Å². The number of benzene rings is 1. The number of rotatable bonds is 5. The predicted octanol–water partition coefficient (Wildman–Crippen LogP) is 2.17. The van der Waals surface area contributed by atoms with Crippen molar-refractivity contribution in [3.63, 3.8) is 0 Å².